The molecule has 5 nitrogen and oxygen atoms in total. The summed E-state index contributed by atoms with van der Waals surface area (Å²) in [7, 11) is 1.62. The number of nitrogens with two attached hydrogens (primary N) is 1. The van der Waals surface area contributed by atoms with Gasteiger partial charge in [0, 0.05) is 24.8 Å². The molecule has 108 valence electrons. The van der Waals surface area contributed by atoms with E-state index in [-0.39, 0.29) is 12.1 Å². The minimum absolute atomic E-state index is 0.0308. The van der Waals surface area contributed by atoms with Gasteiger partial charge in [0.15, 0.2) is 0 Å². The van der Waals surface area contributed by atoms with Crippen LogP contribution in [0.4, 0.5) is 10.5 Å². The maximum atomic E-state index is 12.2. The molecule has 2 amide bonds. The lowest BCUT2D eigenvalue weighted by Gasteiger charge is -2.19. The summed E-state index contributed by atoms with van der Waals surface area (Å²) in [5.41, 5.74) is 6.88. The molecule has 2 aliphatic rings. The monoisotopic (exact) mass is 275 g/mol. The van der Waals surface area contributed by atoms with Gasteiger partial charge in [-0.15, -0.1) is 0 Å². The zero-order chi connectivity index (χ0) is 14.1. The third-order valence-electron chi connectivity index (χ3n) is 4.54. The molecule has 1 aromatic carbocycles. The van der Waals surface area contributed by atoms with Crippen molar-refractivity contribution in [3.8, 4) is 5.75 Å². The molecule has 1 saturated carbocycles. The van der Waals surface area contributed by atoms with Crippen LogP contribution in [0.25, 0.3) is 0 Å². The Morgan fingerprint density at radius 2 is 2.05 bits per heavy atom. The molecule has 3 rings (SSSR count). The van der Waals surface area contributed by atoms with E-state index in [0.717, 1.165) is 37.4 Å². The quantitative estimate of drug-likeness (QED) is 0.866. The summed E-state index contributed by atoms with van der Waals surface area (Å²) < 4.78 is 5.10. The Morgan fingerprint density at radius 1 is 1.30 bits per heavy atom. The fraction of sp³-hybridized carbons (Fsp3) is 0.533. The molecule has 2 fully saturated rings. The van der Waals surface area contributed by atoms with E-state index in [1.165, 1.54) is 0 Å². The van der Waals surface area contributed by atoms with E-state index >= 15 is 0 Å². The van der Waals surface area contributed by atoms with E-state index in [1.54, 1.807) is 7.11 Å². The van der Waals surface area contributed by atoms with Gasteiger partial charge in [-0.05, 0) is 48.9 Å². The maximum Gasteiger partial charge on any atom is 0.321 e. The number of nitrogens with zero attached hydrogens (tertiary/aromatic N) is 1. The summed E-state index contributed by atoms with van der Waals surface area (Å²) in [5.74, 6) is 1.85. The number of carbonyl (C=O) groups is 1. The molecule has 20 heavy (non-hydrogen) atoms. The van der Waals surface area contributed by atoms with Gasteiger partial charge < -0.3 is 20.7 Å². The SMILES string of the molecule is COc1ccc(NC(=O)N2CC3CCC(N)C3C2)cc1. The van der Waals surface area contributed by atoms with Crippen LogP contribution in [0.2, 0.25) is 0 Å². The smallest absolute Gasteiger partial charge is 0.321 e. The fourth-order valence-electron chi connectivity index (χ4n) is 3.35. The van der Waals surface area contributed by atoms with Crippen molar-refractivity contribution in [1.29, 1.82) is 0 Å². The molecule has 3 unspecified atom stereocenters. The van der Waals surface area contributed by atoms with Gasteiger partial charge in [-0.25, -0.2) is 4.79 Å². The van der Waals surface area contributed by atoms with Gasteiger partial charge in [0.05, 0.1) is 7.11 Å². The molecule has 3 N–H and O–H groups in total. The number of amides is 2. The molecule has 1 saturated heterocycles. The first-order valence-corrected chi connectivity index (χ1v) is 7.13. The second-order valence-corrected chi connectivity index (χ2v) is 5.73. The van der Waals surface area contributed by atoms with Gasteiger partial charge in [0.25, 0.3) is 0 Å². The minimum atomic E-state index is -0.0308. The number of hydrogen-bond acceptors (Lipinski definition) is 3. The Hall–Kier alpha value is -1.75. The van der Waals surface area contributed by atoms with E-state index in [1.807, 2.05) is 29.2 Å². The number of ether oxygens (including phenoxy) is 1. The maximum absolute atomic E-state index is 12.2. The van der Waals surface area contributed by atoms with Crippen LogP contribution in [-0.2, 0) is 0 Å². The molecule has 0 bridgehead atoms. The van der Waals surface area contributed by atoms with Crippen LogP contribution < -0.4 is 15.8 Å². The lowest BCUT2D eigenvalue weighted by atomic mass is 9.98. The highest BCUT2D eigenvalue weighted by Crippen LogP contribution is 2.37. The fourth-order valence-corrected chi connectivity index (χ4v) is 3.35. The molecular formula is C15H21N3O2. The Balaban J connectivity index is 1.59. The van der Waals surface area contributed by atoms with E-state index in [2.05, 4.69) is 5.32 Å². The molecule has 1 heterocycles. The molecule has 1 aliphatic heterocycles. The average molecular weight is 275 g/mol. The summed E-state index contributed by atoms with van der Waals surface area (Å²) in [6.45, 7) is 1.62. The number of fused-ring (bicyclic) bond motifs is 1. The first-order valence-electron chi connectivity index (χ1n) is 7.13. The van der Waals surface area contributed by atoms with E-state index in [4.69, 9.17) is 10.5 Å². The van der Waals surface area contributed by atoms with Crippen LogP contribution in [0.15, 0.2) is 24.3 Å². The van der Waals surface area contributed by atoms with Crippen molar-refractivity contribution in [2.75, 3.05) is 25.5 Å². The number of urea groups is 1. The Morgan fingerprint density at radius 3 is 2.70 bits per heavy atom. The van der Waals surface area contributed by atoms with E-state index < -0.39 is 0 Å². The molecular weight excluding hydrogens is 254 g/mol. The Labute approximate surface area is 119 Å². The number of nitrogens with one attached hydrogen (secondary N) is 1. The van der Waals surface area contributed by atoms with Gasteiger partial charge in [0.2, 0.25) is 0 Å². The van der Waals surface area contributed by atoms with Crippen molar-refractivity contribution in [3.63, 3.8) is 0 Å². The first-order chi connectivity index (χ1) is 9.67. The third kappa shape index (κ3) is 2.45. The summed E-state index contributed by atoms with van der Waals surface area (Å²) in [5, 5.41) is 2.93. The number of hydrogen-bond donors (Lipinski definition) is 2. The summed E-state index contributed by atoms with van der Waals surface area (Å²) in [6, 6.07) is 7.60. The van der Waals surface area contributed by atoms with Gasteiger partial charge in [-0.2, -0.15) is 0 Å². The van der Waals surface area contributed by atoms with Crippen LogP contribution in [0.3, 0.4) is 0 Å². The van der Waals surface area contributed by atoms with Crippen LogP contribution >= 0.6 is 0 Å². The highest BCUT2D eigenvalue weighted by molar-refractivity contribution is 5.89. The normalized spacial score (nSPS) is 28.3. The molecule has 1 aliphatic carbocycles. The van der Waals surface area contributed by atoms with Crippen molar-refractivity contribution >= 4 is 11.7 Å². The van der Waals surface area contributed by atoms with Crippen molar-refractivity contribution < 1.29 is 9.53 Å². The van der Waals surface area contributed by atoms with E-state index in [9.17, 15) is 4.79 Å². The lowest BCUT2D eigenvalue weighted by Crippen LogP contribution is -2.36. The predicted octanol–water partition coefficient (Wildman–Crippen LogP) is 1.90. The summed E-state index contributed by atoms with van der Waals surface area (Å²) in [6.07, 6.45) is 2.25. The molecule has 0 spiro atoms. The Kier molecular flexibility index (Phi) is 3.53. The lowest BCUT2D eigenvalue weighted by molar-refractivity contribution is 0.218. The largest absolute Gasteiger partial charge is 0.497 e. The number of methoxy groups -OCH3 is 1. The van der Waals surface area contributed by atoms with Crippen LogP contribution in [-0.4, -0.2) is 37.2 Å². The van der Waals surface area contributed by atoms with Gasteiger partial charge in [-0.1, -0.05) is 0 Å². The topological polar surface area (TPSA) is 67.6 Å². The molecule has 0 aromatic heterocycles. The summed E-state index contributed by atoms with van der Waals surface area (Å²) in [4.78, 5) is 14.1. The van der Waals surface area contributed by atoms with Crippen molar-refractivity contribution in [2.45, 2.75) is 18.9 Å². The summed E-state index contributed by atoms with van der Waals surface area (Å²) >= 11 is 0. The molecule has 5 heteroatoms. The molecule has 1 aromatic rings. The predicted molar refractivity (Wildman–Crippen MR) is 77.8 cm³/mol. The average Bonchev–Trinajstić information content (AvgIpc) is 3.02. The standard InChI is InChI=1S/C15H21N3O2/c1-20-12-5-3-11(4-6-12)17-15(19)18-8-10-2-7-14(16)13(10)9-18/h3-6,10,13-14H,2,7-9,16H2,1H3,(H,17,19). The number of benzene rings is 1. The van der Waals surface area contributed by atoms with E-state index in [0.29, 0.717) is 11.8 Å². The highest BCUT2D eigenvalue weighted by atomic mass is 16.5. The van der Waals surface area contributed by atoms with Crippen LogP contribution in [0.1, 0.15) is 12.8 Å². The van der Waals surface area contributed by atoms with Crippen LogP contribution in [0.5, 0.6) is 5.75 Å². The van der Waals surface area contributed by atoms with Gasteiger partial charge >= 0.3 is 6.03 Å². The number of likely N-dealkylation sites (tertiary alicyclic amines) is 1. The van der Waals surface area contributed by atoms with Gasteiger partial charge in [-0.3, -0.25) is 0 Å². The zero-order valence-corrected chi connectivity index (χ0v) is 11.7. The number of rotatable bonds is 2. The zero-order valence-electron chi connectivity index (χ0n) is 11.7. The molecule has 3 atom stereocenters. The Bertz CT molecular complexity index is 488. The van der Waals surface area contributed by atoms with Crippen molar-refractivity contribution in [1.82, 2.24) is 4.90 Å². The second-order valence-electron chi connectivity index (χ2n) is 5.73. The highest BCUT2D eigenvalue weighted by Gasteiger charge is 2.42. The van der Waals surface area contributed by atoms with Crippen molar-refractivity contribution in [3.05, 3.63) is 24.3 Å². The third-order valence-corrected chi connectivity index (χ3v) is 4.54. The van der Waals surface area contributed by atoms with Gasteiger partial charge in [0.1, 0.15) is 5.75 Å². The van der Waals surface area contributed by atoms with Crippen molar-refractivity contribution in [2.24, 2.45) is 17.6 Å². The number of carbonyl (C=O) groups excluding carboxylic acids is 1. The van der Waals surface area contributed by atoms with Crippen LogP contribution in [0, 0.1) is 11.8 Å². The molecule has 0 radical (unpaired) electrons. The second kappa shape index (κ2) is 5.32. The minimum Gasteiger partial charge on any atom is -0.497 e. The first kappa shape index (κ1) is 13.2. The number of anilines is 1.